The van der Waals surface area contributed by atoms with E-state index in [1.54, 1.807) is 6.07 Å². The van der Waals surface area contributed by atoms with Crippen LogP contribution in [0.1, 0.15) is 57.8 Å². The van der Waals surface area contributed by atoms with E-state index in [0.717, 1.165) is 17.5 Å². The van der Waals surface area contributed by atoms with Crippen LogP contribution in [0.5, 0.6) is 5.75 Å². The van der Waals surface area contributed by atoms with Gasteiger partial charge in [0.15, 0.2) is 0 Å². The first kappa shape index (κ1) is 18.7. The highest BCUT2D eigenvalue weighted by molar-refractivity contribution is 5.91. The summed E-state index contributed by atoms with van der Waals surface area (Å²) in [5.74, 6) is -0.975. The Bertz CT molecular complexity index is 914. The van der Waals surface area contributed by atoms with Crippen molar-refractivity contribution >= 4 is 5.97 Å². The number of hydrogen-bond acceptors (Lipinski definition) is 2. The van der Waals surface area contributed by atoms with E-state index in [-0.39, 0.29) is 17.2 Å². The van der Waals surface area contributed by atoms with Gasteiger partial charge in [-0.1, -0.05) is 73.2 Å². The van der Waals surface area contributed by atoms with Crippen LogP contribution in [0.4, 0.5) is 0 Å². The summed E-state index contributed by atoms with van der Waals surface area (Å²) in [6.45, 7) is 4.27. The van der Waals surface area contributed by atoms with Gasteiger partial charge in [0.1, 0.15) is 11.3 Å². The van der Waals surface area contributed by atoms with Crippen LogP contribution < -0.4 is 0 Å². The highest BCUT2D eigenvalue weighted by atomic mass is 16.4. The van der Waals surface area contributed by atoms with Gasteiger partial charge in [-0.2, -0.15) is 0 Å². The highest BCUT2D eigenvalue weighted by Crippen LogP contribution is 2.36. The molecule has 0 amide bonds. The lowest BCUT2D eigenvalue weighted by molar-refractivity contribution is 0.0693. The lowest BCUT2D eigenvalue weighted by Crippen LogP contribution is -2.08. The summed E-state index contributed by atoms with van der Waals surface area (Å²) in [4.78, 5) is 11.4. The second kappa shape index (κ2) is 8.09. The minimum Gasteiger partial charge on any atom is -0.507 e. The normalized spacial score (nSPS) is 13.1. The maximum Gasteiger partial charge on any atom is 0.339 e. The zero-order valence-electron chi connectivity index (χ0n) is 15.6. The summed E-state index contributed by atoms with van der Waals surface area (Å²) in [7, 11) is 0. The van der Waals surface area contributed by atoms with Crippen LogP contribution in [0.2, 0.25) is 0 Å². The quantitative estimate of drug-likeness (QED) is 0.591. The van der Waals surface area contributed by atoms with Gasteiger partial charge >= 0.3 is 5.97 Å². The molecule has 3 rings (SSSR count). The number of benzene rings is 3. The van der Waals surface area contributed by atoms with Crippen LogP contribution in [0.25, 0.3) is 0 Å². The minimum atomic E-state index is -1.12. The van der Waals surface area contributed by atoms with E-state index in [9.17, 15) is 15.0 Å². The molecule has 2 unspecified atom stereocenters. The molecule has 3 aromatic rings. The molecule has 2 N–H and O–H groups in total. The first-order valence-corrected chi connectivity index (χ1v) is 9.13. The number of aromatic carboxylic acids is 1. The molecule has 0 saturated carbocycles. The van der Waals surface area contributed by atoms with Crippen molar-refractivity contribution in [1.82, 2.24) is 0 Å². The van der Waals surface area contributed by atoms with Gasteiger partial charge in [0.25, 0.3) is 0 Å². The molecule has 3 heteroatoms. The number of hydrogen-bond donors (Lipinski definition) is 2. The van der Waals surface area contributed by atoms with Crippen molar-refractivity contribution in [2.45, 2.75) is 32.1 Å². The Morgan fingerprint density at radius 1 is 0.889 bits per heavy atom. The minimum absolute atomic E-state index is 0.0428. The molecule has 138 valence electrons. The Morgan fingerprint density at radius 3 is 2.15 bits per heavy atom. The van der Waals surface area contributed by atoms with Gasteiger partial charge in [-0.15, -0.1) is 0 Å². The molecule has 0 fully saturated rings. The van der Waals surface area contributed by atoms with Gasteiger partial charge in [0, 0.05) is 5.92 Å². The van der Waals surface area contributed by atoms with Crippen molar-refractivity contribution in [1.29, 1.82) is 0 Å². The number of carboxylic acid groups (broad SMARTS) is 1. The van der Waals surface area contributed by atoms with Crippen molar-refractivity contribution < 1.29 is 15.0 Å². The van der Waals surface area contributed by atoms with E-state index in [2.05, 4.69) is 50.2 Å². The predicted molar refractivity (Wildman–Crippen MR) is 108 cm³/mol. The maximum atomic E-state index is 11.4. The van der Waals surface area contributed by atoms with E-state index < -0.39 is 5.97 Å². The Morgan fingerprint density at radius 2 is 1.52 bits per heavy atom. The molecule has 0 aliphatic heterocycles. The fourth-order valence-corrected chi connectivity index (χ4v) is 3.48. The van der Waals surface area contributed by atoms with Crippen molar-refractivity contribution in [3.05, 3.63) is 101 Å². The lowest BCUT2D eigenvalue weighted by Gasteiger charge is -2.23. The molecule has 2 atom stereocenters. The summed E-state index contributed by atoms with van der Waals surface area (Å²) >= 11 is 0. The third kappa shape index (κ3) is 4.37. The SMILES string of the molecule is Cc1ccc(C(C)CC(c2ccccc2)c2ccc(O)c(C(=O)O)c2)cc1. The Labute approximate surface area is 159 Å². The Kier molecular flexibility index (Phi) is 5.60. The van der Waals surface area contributed by atoms with Crippen LogP contribution in [-0.2, 0) is 0 Å². The fraction of sp³-hybridized carbons (Fsp3) is 0.208. The zero-order chi connectivity index (χ0) is 19.4. The molecule has 0 bridgehead atoms. The molecule has 0 aromatic heterocycles. The lowest BCUT2D eigenvalue weighted by atomic mass is 9.81. The molecule has 27 heavy (non-hydrogen) atoms. The largest absolute Gasteiger partial charge is 0.507 e. The third-order valence-corrected chi connectivity index (χ3v) is 5.09. The standard InChI is InChI=1S/C24H24O3/c1-16-8-10-18(11-9-16)17(2)14-21(19-6-4-3-5-7-19)20-12-13-23(25)22(15-20)24(26)27/h3-13,15,17,21,25H,14H2,1-2H3,(H,26,27). The topological polar surface area (TPSA) is 57.5 Å². The number of rotatable bonds is 6. The fourth-order valence-electron chi connectivity index (χ4n) is 3.48. The smallest absolute Gasteiger partial charge is 0.339 e. The highest BCUT2D eigenvalue weighted by Gasteiger charge is 2.21. The van der Waals surface area contributed by atoms with Gasteiger partial charge in [0.05, 0.1) is 0 Å². The molecule has 0 spiro atoms. The zero-order valence-corrected chi connectivity index (χ0v) is 15.6. The number of carboxylic acids is 1. The van der Waals surface area contributed by atoms with E-state index in [1.165, 1.54) is 17.2 Å². The number of carbonyl (C=O) groups is 1. The average molecular weight is 360 g/mol. The van der Waals surface area contributed by atoms with Crippen molar-refractivity contribution in [2.24, 2.45) is 0 Å². The average Bonchev–Trinajstić information content (AvgIpc) is 2.67. The van der Waals surface area contributed by atoms with Crippen molar-refractivity contribution in [2.75, 3.05) is 0 Å². The number of aryl methyl sites for hydroxylation is 1. The third-order valence-electron chi connectivity index (χ3n) is 5.09. The first-order chi connectivity index (χ1) is 13.0. The van der Waals surface area contributed by atoms with Gasteiger partial charge < -0.3 is 10.2 Å². The van der Waals surface area contributed by atoms with E-state index in [1.807, 2.05) is 24.3 Å². The Balaban J connectivity index is 1.98. The number of phenols is 1. The summed E-state index contributed by atoms with van der Waals surface area (Å²) in [6.07, 6.45) is 0.844. The van der Waals surface area contributed by atoms with E-state index >= 15 is 0 Å². The second-order valence-electron chi connectivity index (χ2n) is 7.09. The molecular formula is C24H24O3. The summed E-state index contributed by atoms with van der Waals surface area (Å²) in [6, 6.07) is 23.5. The molecule has 3 nitrogen and oxygen atoms in total. The summed E-state index contributed by atoms with van der Waals surface area (Å²) in [5, 5.41) is 19.2. The molecule has 0 saturated heterocycles. The van der Waals surface area contributed by atoms with Gasteiger partial charge in [0.2, 0.25) is 0 Å². The molecule has 3 aromatic carbocycles. The van der Waals surface area contributed by atoms with E-state index in [0.29, 0.717) is 5.92 Å². The molecule has 0 radical (unpaired) electrons. The Hall–Kier alpha value is -3.07. The van der Waals surface area contributed by atoms with Gasteiger partial charge in [-0.3, -0.25) is 0 Å². The molecule has 0 aliphatic rings. The van der Waals surface area contributed by atoms with Crippen LogP contribution in [0, 0.1) is 6.92 Å². The monoisotopic (exact) mass is 360 g/mol. The van der Waals surface area contributed by atoms with Crippen molar-refractivity contribution in [3.63, 3.8) is 0 Å². The molecule has 0 heterocycles. The summed E-state index contributed by atoms with van der Waals surface area (Å²) in [5.41, 5.74) is 4.47. The summed E-state index contributed by atoms with van der Waals surface area (Å²) < 4.78 is 0. The predicted octanol–water partition coefficient (Wildman–Crippen LogP) is 5.72. The van der Waals surface area contributed by atoms with Crippen LogP contribution >= 0.6 is 0 Å². The first-order valence-electron chi connectivity index (χ1n) is 9.13. The van der Waals surface area contributed by atoms with Crippen LogP contribution in [-0.4, -0.2) is 16.2 Å². The number of aromatic hydroxyl groups is 1. The molecule has 0 aliphatic carbocycles. The van der Waals surface area contributed by atoms with E-state index in [4.69, 9.17) is 0 Å². The second-order valence-corrected chi connectivity index (χ2v) is 7.09. The van der Waals surface area contributed by atoms with Gasteiger partial charge in [-0.25, -0.2) is 4.79 Å². The maximum absolute atomic E-state index is 11.4. The molecular weight excluding hydrogens is 336 g/mol. The van der Waals surface area contributed by atoms with Crippen molar-refractivity contribution in [3.8, 4) is 5.75 Å². The van der Waals surface area contributed by atoms with Crippen LogP contribution in [0.15, 0.2) is 72.8 Å². The van der Waals surface area contributed by atoms with Gasteiger partial charge in [-0.05, 0) is 48.1 Å². The van der Waals surface area contributed by atoms with Crippen LogP contribution in [0.3, 0.4) is 0 Å².